The monoisotopic (exact) mass is 371 g/mol. The van der Waals surface area contributed by atoms with E-state index in [0.29, 0.717) is 11.0 Å². The number of thiophene rings is 1. The molecule has 0 radical (unpaired) electrons. The third-order valence-corrected chi connectivity index (χ3v) is 5.74. The van der Waals surface area contributed by atoms with E-state index in [-0.39, 0.29) is 5.56 Å². The van der Waals surface area contributed by atoms with Gasteiger partial charge in [-0.3, -0.25) is 0 Å². The highest BCUT2D eigenvalue weighted by Gasteiger charge is 2.26. The Morgan fingerprint density at radius 3 is 2.86 bits per heavy atom. The number of hydrogen-bond acceptors (Lipinski definition) is 2. The molecular formula is C16H16BrF2NS. The minimum absolute atomic E-state index is 0.103. The van der Waals surface area contributed by atoms with Gasteiger partial charge in [-0.1, -0.05) is 6.92 Å². The summed E-state index contributed by atoms with van der Waals surface area (Å²) in [6, 6.07) is 4.41. The largest absolute Gasteiger partial charge is 0.306 e. The average Bonchev–Trinajstić information content (AvgIpc) is 3.03. The van der Waals surface area contributed by atoms with Crippen LogP contribution in [0.4, 0.5) is 8.78 Å². The Balaban J connectivity index is 2.07. The first-order valence-corrected chi connectivity index (χ1v) is 8.71. The molecule has 1 nitrogen and oxygen atoms in total. The van der Waals surface area contributed by atoms with Crippen LogP contribution in [0.2, 0.25) is 0 Å². The van der Waals surface area contributed by atoms with Crippen LogP contribution in [0, 0.1) is 11.6 Å². The van der Waals surface area contributed by atoms with Crippen molar-refractivity contribution in [1.82, 2.24) is 5.32 Å². The molecule has 1 unspecified atom stereocenters. The second-order valence-electron chi connectivity index (χ2n) is 5.20. The van der Waals surface area contributed by atoms with Crippen LogP contribution in [0.15, 0.2) is 22.7 Å². The van der Waals surface area contributed by atoms with Gasteiger partial charge < -0.3 is 5.32 Å². The van der Waals surface area contributed by atoms with E-state index in [0.717, 1.165) is 17.7 Å². The Labute approximate surface area is 135 Å². The molecule has 3 rings (SSSR count). The molecule has 1 N–H and O–H groups in total. The van der Waals surface area contributed by atoms with Crippen LogP contribution in [-0.2, 0) is 12.8 Å². The second kappa shape index (κ2) is 6.15. The van der Waals surface area contributed by atoms with E-state index < -0.39 is 17.7 Å². The highest BCUT2D eigenvalue weighted by molar-refractivity contribution is 9.10. The zero-order valence-corrected chi connectivity index (χ0v) is 14.1. The van der Waals surface area contributed by atoms with Crippen molar-refractivity contribution in [3.8, 4) is 0 Å². The van der Waals surface area contributed by atoms with Crippen molar-refractivity contribution in [2.75, 3.05) is 6.54 Å². The van der Waals surface area contributed by atoms with Crippen molar-refractivity contribution < 1.29 is 8.78 Å². The maximum absolute atomic E-state index is 14.4. The van der Waals surface area contributed by atoms with Crippen molar-refractivity contribution in [3.05, 3.63) is 55.2 Å². The van der Waals surface area contributed by atoms with Gasteiger partial charge in [0.1, 0.15) is 11.6 Å². The van der Waals surface area contributed by atoms with Gasteiger partial charge in [-0.2, -0.15) is 0 Å². The number of aryl methyl sites for hydroxylation is 2. The van der Waals surface area contributed by atoms with Gasteiger partial charge in [-0.15, -0.1) is 11.3 Å². The summed E-state index contributed by atoms with van der Waals surface area (Å²) in [5.74, 6) is -1.02. The summed E-state index contributed by atoms with van der Waals surface area (Å²) < 4.78 is 28.9. The van der Waals surface area contributed by atoms with Gasteiger partial charge in [0.2, 0.25) is 0 Å². The molecule has 1 atom stereocenters. The number of nitrogens with one attached hydrogen (secondary N) is 1. The predicted octanol–water partition coefficient (Wildman–Crippen LogP) is 4.98. The summed E-state index contributed by atoms with van der Waals surface area (Å²) in [7, 11) is 0. The van der Waals surface area contributed by atoms with Crippen LogP contribution in [0.5, 0.6) is 0 Å². The van der Waals surface area contributed by atoms with Crippen LogP contribution >= 0.6 is 27.3 Å². The van der Waals surface area contributed by atoms with Gasteiger partial charge in [0.05, 0.1) is 10.5 Å². The van der Waals surface area contributed by atoms with Gasteiger partial charge in [0.25, 0.3) is 0 Å². The fourth-order valence-corrected chi connectivity index (χ4v) is 4.54. The minimum atomic E-state index is -0.519. The lowest BCUT2D eigenvalue weighted by Crippen LogP contribution is -2.23. The molecule has 21 heavy (non-hydrogen) atoms. The summed E-state index contributed by atoms with van der Waals surface area (Å²) in [6.07, 6.45) is 3.35. The zero-order chi connectivity index (χ0) is 15.0. The fraction of sp³-hybridized carbons (Fsp3) is 0.375. The quantitative estimate of drug-likeness (QED) is 0.747. The van der Waals surface area contributed by atoms with Gasteiger partial charge in [-0.25, -0.2) is 8.78 Å². The number of rotatable bonds is 4. The lowest BCUT2D eigenvalue weighted by Gasteiger charge is -2.19. The van der Waals surface area contributed by atoms with Crippen LogP contribution in [-0.4, -0.2) is 6.54 Å². The van der Waals surface area contributed by atoms with E-state index in [4.69, 9.17) is 0 Å². The maximum atomic E-state index is 14.4. The molecule has 1 heterocycles. The van der Waals surface area contributed by atoms with Gasteiger partial charge in [0, 0.05) is 15.3 Å². The molecule has 1 aliphatic carbocycles. The second-order valence-corrected chi connectivity index (χ2v) is 7.22. The third kappa shape index (κ3) is 2.79. The molecule has 0 bridgehead atoms. The molecule has 0 spiro atoms. The summed E-state index contributed by atoms with van der Waals surface area (Å²) in [5, 5.41) is 3.22. The average molecular weight is 372 g/mol. The zero-order valence-electron chi connectivity index (χ0n) is 11.7. The maximum Gasteiger partial charge on any atom is 0.145 e. The molecule has 1 aromatic heterocycles. The Kier molecular flexibility index (Phi) is 4.43. The molecule has 1 aromatic carbocycles. The minimum Gasteiger partial charge on any atom is -0.306 e. The van der Waals surface area contributed by atoms with Crippen LogP contribution in [0.3, 0.4) is 0 Å². The summed E-state index contributed by atoms with van der Waals surface area (Å²) in [6.45, 7) is 2.60. The van der Waals surface area contributed by atoms with Gasteiger partial charge >= 0.3 is 0 Å². The van der Waals surface area contributed by atoms with E-state index in [1.165, 1.54) is 29.0 Å². The van der Waals surface area contributed by atoms with Gasteiger partial charge in [-0.05, 0) is 65.5 Å². The van der Waals surface area contributed by atoms with E-state index in [2.05, 4.69) is 27.3 Å². The molecule has 0 saturated carbocycles. The molecule has 5 heteroatoms. The Hall–Kier alpha value is -0.780. The van der Waals surface area contributed by atoms with Crippen molar-refractivity contribution in [1.29, 1.82) is 0 Å². The van der Waals surface area contributed by atoms with Crippen LogP contribution in [0.1, 0.15) is 40.3 Å². The standard InChI is InChI=1S/C16H16BrF2NS/c1-2-20-16(13-8-9-4-3-5-12(9)21-13)14-11(18)7-6-10(17)15(14)19/h6-8,16,20H,2-5H2,1H3. The molecule has 0 fully saturated rings. The third-order valence-electron chi connectivity index (χ3n) is 3.83. The molecule has 1 aliphatic rings. The SMILES string of the molecule is CCNC(c1cc2c(s1)CCC2)c1c(F)ccc(Br)c1F. The summed E-state index contributed by atoms with van der Waals surface area (Å²) in [4.78, 5) is 2.36. The number of fused-ring (bicyclic) bond motifs is 1. The number of hydrogen-bond donors (Lipinski definition) is 1. The molecule has 0 amide bonds. The summed E-state index contributed by atoms with van der Waals surface area (Å²) >= 11 is 4.83. The van der Waals surface area contributed by atoms with Crippen molar-refractivity contribution >= 4 is 27.3 Å². The van der Waals surface area contributed by atoms with E-state index in [1.807, 2.05) is 6.92 Å². The van der Waals surface area contributed by atoms with Crippen LogP contribution in [0.25, 0.3) is 0 Å². The first-order valence-electron chi connectivity index (χ1n) is 7.10. The number of halogens is 3. The molecular weight excluding hydrogens is 356 g/mol. The molecule has 0 aliphatic heterocycles. The topological polar surface area (TPSA) is 12.0 Å². The highest BCUT2D eigenvalue weighted by atomic mass is 79.9. The van der Waals surface area contributed by atoms with Crippen LogP contribution < -0.4 is 5.32 Å². The summed E-state index contributed by atoms with van der Waals surface area (Å²) in [5.41, 5.74) is 1.44. The number of benzene rings is 1. The van der Waals surface area contributed by atoms with E-state index >= 15 is 0 Å². The van der Waals surface area contributed by atoms with Crippen molar-refractivity contribution in [3.63, 3.8) is 0 Å². The lowest BCUT2D eigenvalue weighted by atomic mass is 10.0. The lowest BCUT2D eigenvalue weighted by molar-refractivity contribution is 0.510. The first-order chi connectivity index (χ1) is 10.1. The van der Waals surface area contributed by atoms with E-state index in [1.54, 1.807) is 11.3 Å². The smallest absolute Gasteiger partial charge is 0.145 e. The Morgan fingerprint density at radius 1 is 1.33 bits per heavy atom. The van der Waals surface area contributed by atoms with Gasteiger partial charge in [0.15, 0.2) is 0 Å². The van der Waals surface area contributed by atoms with E-state index in [9.17, 15) is 8.78 Å². The Bertz CT molecular complexity index is 647. The highest BCUT2D eigenvalue weighted by Crippen LogP contribution is 2.38. The fourth-order valence-electron chi connectivity index (χ4n) is 2.85. The molecule has 112 valence electrons. The molecule has 0 saturated heterocycles. The normalized spacial score (nSPS) is 15.2. The first kappa shape index (κ1) is 15.1. The predicted molar refractivity (Wildman–Crippen MR) is 85.9 cm³/mol. The molecule has 2 aromatic rings. The van der Waals surface area contributed by atoms with Crippen molar-refractivity contribution in [2.45, 2.75) is 32.2 Å². The van der Waals surface area contributed by atoms with Crippen molar-refractivity contribution in [2.24, 2.45) is 0 Å². The Morgan fingerprint density at radius 2 is 2.14 bits per heavy atom.